The van der Waals surface area contributed by atoms with Crippen LogP contribution in [0.15, 0.2) is 0 Å². The third-order valence-electron chi connectivity index (χ3n) is 2.51. The van der Waals surface area contributed by atoms with Crippen LogP contribution in [0.4, 0.5) is 0 Å². The summed E-state index contributed by atoms with van der Waals surface area (Å²) in [6, 6.07) is -1.28. The fourth-order valence-corrected chi connectivity index (χ4v) is 1.82. The lowest BCUT2D eigenvalue weighted by atomic mass is 10.0. The Morgan fingerprint density at radius 1 is 1.32 bits per heavy atom. The fraction of sp³-hybridized carbons (Fsp3) is 0.846. The molecule has 0 bridgehead atoms. The molecule has 0 aliphatic carbocycles. The normalized spacial score (nSPS) is 14.3. The zero-order chi connectivity index (χ0) is 15.0. The van der Waals surface area contributed by atoms with Crippen molar-refractivity contribution >= 4 is 11.9 Å². The van der Waals surface area contributed by atoms with Gasteiger partial charge in [-0.25, -0.2) is 4.79 Å². The topological polar surface area (TPSA) is 84.7 Å². The second kappa shape index (κ2) is 8.87. The summed E-state index contributed by atoms with van der Waals surface area (Å²) < 4.78 is 4.73. The van der Waals surface area contributed by atoms with Crippen LogP contribution in [0, 0.1) is 5.92 Å². The summed E-state index contributed by atoms with van der Waals surface area (Å²) in [6.45, 7) is 6.77. The largest absolute Gasteiger partial charge is 0.464 e. The molecule has 0 saturated carbocycles. The van der Waals surface area contributed by atoms with E-state index in [1.165, 1.54) is 0 Å². The van der Waals surface area contributed by atoms with Crippen LogP contribution in [0.3, 0.4) is 0 Å². The molecule has 3 N–H and O–H groups in total. The van der Waals surface area contributed by atoms with Crippen molar-refractivity contribution < 1.29 is 14.3 Å². The van der Waals surface area contributed by atoms with Gasteiger partial charge >= 0.3 is 5.97 Å². The molecule has 6 heteroatoms. The summed E-state index contributed by atoms with van der Waals surface area (Å²) in [5, 5.41) is 2.81. The van der Waals surface area contributed by atoms with Crippen molar-refractivity contribution in [3.8, 4) is 0 Å². The molecule has 0 rings (SSSR count). The van der Waals surface area contributed by atoms with Crippen molar-refractivity contribution in [3.05, 3.63) is 0 Å². The fourth-order valence-electron chi connectivity index (χ4n) is 1.82. The Morgan fingerprint density at radius 3 is 2.32 bits per heavy atom. The van der Waals surface area contributed by atoms with Gasteiger partial charge in [0.05, 0.1) is 6.61 Å². The van der Waals surface area contributed by atoms with Crippen LogP contribution < -0.4 is 11.1 Å². The summed E-state index contributed by atoms with van der Waals surface area (Å²) >= 11 is 0. The lowest BCUT2D eigenvalue weighted by molar-refractivity contribution is -0.148. The Hall–Kier alpha value is -1.14. The molecular formula is C13H27N3O3. The second-order valence-electron chi connectivity index (χ2n) is 5.33. The first-order valence-corrected chi connectivity index (χ1v) is 6.65. The van der Waals surface area contributed by atoms with Gasteiger partial charge in [0, 0.05) is 12.6 Å². The molecule has 6 nitrogen and oxygen atoms in total. The highest BCUT2D eigenvalue weighted by atomic mass is 16.5. The third kappa shape index (κ3) is 7.79. The minimum atomic E-state index is -1.25. The molecule has 112 valence electrons. The molecule has 19 heavy (non-hydrogen) atoms. The van der Waals surface area contributed by atoms with Gasteiger partial charge in [0.1, 0.15) is 0 Å². The molecule has 2 atom stereocenters. The second-order valence-corrected chi connectivity index (χ2v) is 5.33. The van der Waals surface area contributed by atoms with Crippen molar-refractivity contribution in [2.24, 2.45) is 11.7 Å². The van der Waals surface area contributed by atoms with E-state index in [0.29, 0.717) is 12.5 Å². The molecule has 0 aromatic heterocycles. The average molecular weight is 273 g/mol. The van der Waals surface area contributed by atoms with Gasteiger partial charge < -0.3 is 20.7 Å². The van der Waals surface area contributed by atoms with Crippen LogP contribution in [0.25, 0.3) is 0 Å². The lowest BCUT2D eigenvalue weighted by Crippen LogP contribution is -2.52. The number of carbonyl (C=O) groups is 2. The summed E-state index contributed by atoms with van der Waals surface area (Å²) in [5.41, 5.74) is 5.56. The van der Waals surface area contributed by atoms with Gasteiger partial charge in [-0.1, -0.05) is 13.8 Å². The van der Waals surface area contributed by atoms with Crippen molar-refractivity contribution in [1.29, 1.82) is 0 Å². The maximum absolute atomic E-state index is 11.9. The van der Waals surface area contributed by atoms with E-state index < -0.39 is 17.9 Å². The van der Waals surface area contributed by atoms with E-state index in [1.807, 2.05) is 19.0 Å². The van der Waals surface area contributed by atoms with E-state index >= 15 is 0 Å². The Bertz CT molecular complexity index is 283. The molecule has 0 fully saturated rings. The summed E-state index contributed by atoms with van der Waals surface area (Å²) in [4.78, 5) is 25.3. The zero-order valence-corrected chi connectivity index (χ0v) is 12.6. The van der Waals surface area contributed by atoms with Crippen LogP contribution in [-0.2, 0) is 14.3 Å². The Labute approximate surface area is 115 Å². The highest BCUT2D eigenvalue weighted by molar-refractivity contribution is 6.01. The summed E-state index contributed by atoms with van der Waals surface area (Å²) in [6.07, 6.45) is 0.833. The number of amides is 1. The number of nitrogens with one attached hydrogen (secondary N) is 1. The van der Waals surface area contributed by atoms with Crippen LogP contribution in [0.5, 0.6) is 0 Å². The molecule has 0 aliphatic heterocycles. The van der Waals surface area contributed by atoms with Crippen LogP contribution in [0.2, 0.25) is 0 Å². The summed E-state index contributed by atoms with van der Waals surface area (Å²) in [7, 11) is 3.87. The van der Waals surface area contributed by atoms with Gasteiger partial charge in [0.15, 0.2) is 6.04 Å². The first-order chi connectivity index (χ1) is 8.77. The van der Waals surface area contributed by atoms with Crippen molar-refractivity contribution in [3.63, 3.8) is 0 Å². The molecule has 0 spiro atoms. The lowest BCUT2D eigenvalue weighted by Gasteiger charge is -2.25. The minimum Gasteiger partial charge on any atom is -0.464 e. The van der Waals surface area contributed by atoms with Gasteiger partial charge in [0.2, 0.25) is 5.91 Å². The highest BCUT2D eigenvalue weighted by Crippen LogP contribution is 2.06. The molecule has 0 radical (unpaired) electrons. The van der Waals surface area contributed by atoms with E-state index in [0.717, 1.165) is 6.42 Å². The van der Waals surface area contributed by atoms with Gasteiger partial charge in [-0.3, -0.25) is 4.79 Å². The van der Waals surface area contributed by atoms with Crippen molar-refractivity contribution in [2.75, 3.05) is 27.2 Å². The number of nitrogens with zero attached hydrogens (tertiary/aromatic N) is 1. The number of hydrogen-bond acceptors (Lipinski definition) is 5. The van der Waals surface area contributed by atoms with Gasteiger partial charge in [-0.2, -0.15) is 0 Å². The number of carbonyl (C=O) groups excluding carboxylic acids is 2. The number of likely N-dealkylation sites (N-methyl/N-ethyl adjacent to an activating group) is 1. The molecule has 0 aliphatic rings. The van der Waals surface area contributed by atoms with Gasteiger partial charge in [-0.05, 0) is 33.4 Å². The molecule has 0 heterocycles. The molecular weight excluding hydrogens is 246 g/mol. The highest BCUT2D eigenvalue weighted by Gasteiger charge is 2.26. The maximum Gasteiger partial charge on any atom is 0.332 e. The van der Waals surface area contributed by atoms with Crippen LogP contribution in [-0.4, -0.2) is 56.1 Å². The smallest absolute Gasteiger partial charge is 0.332 e. The third-order valence-corrected chi connectivity index (χ3v) is 2.51. The predicted octanol–water partition coefficient (Wildman–Crippen LogP) is -0.0307. The van der Waals surface area contributed by atoms with Crippen molar-refractivity contribution in [2.45, 2.75) is 39.3 Å². The maximum atomic E-state index is 11.9. The number of hydrogen-bond donors (Lipinski definition) is 2. The average Bonchev–Trinajstić information content (AvgIpc) is 2.26. The van der Waals surface area contributed by atoms with Crippen LogP contribution >= 0.6 is 0 Å². The molecule has 1 amide bonds. The first kappa shape index (κ1) is 17.9. The Kier molecular flexibility index (Phi) is 8.34. The number of esters is 1. The zero-order valence-electron chi connectivity index (χ0n) is 12.6. The minimum absolute atomic E-state index is 0.0250. The standard InChI is InChI=1S/C13H27N3O3/c1-6-19-13(18)11(14)12(17)15-10(7-9(2)3)8-16(4)5/h9-11H,6-8,14H2,1-5H3,(H,15,17). The van der Waals surface area contributed by atoms with Gasteiger partial charge in [-0.15, -0.1) is 0 Å². The van der Waals surface area contributed by atoms with Gasteiger partial charge in [0.25, 0.3) is 0 Å². The Balaban J connectivity index is 4.47. The van der Waals surface area contributed by atoms with E-state index in [1.54, 1.807) is 6.92 Å². The number of nitrogens with two attached hydrogens (primary N) is 1. The van der Waals surface area contributed by atoms with E-state index in [2.05, 4.69) is 19.2 Å². The quantitative estimate of drug-likeness (QED) is 0.479. The first-order valence-electron chi connectivity index (χ1n) is 6.65. The number of ether oxygens (including phenoxy) is 1. The number of rotatable bonds is 8. The van der Waals surface area contributed by atoms with E-state index in [4.69, 9.17) is 10.5 Å². The SMILES string of the molecule is CCOC(=O)C(N)C(=O)NC(CC(C)C)CN(C)C. The van der Waals surface area contributed by atoms with E-state index in [-0.39, 0.29) is 12.6 Å². The van der Waals surface area contributed by atoms with Crippen molar-refractivity contribution in [1.82, 2.24) is 10.2 Å². The molecule has 0 saturated heterocycles. The predicted molar refractivity (Wildman–Crippen MR) is 74.5 cm³/mol. The Morgan fingerprint density at radius 2 is 1.89 bits per heavy atom. The van der Waals surface area contributed by atoms with E-state index in [9.17, 15) is 9.59 Å². The van der Waals surface area contributed by atoms with Crippen LogP contribution in [0.1, 0.15) is 27.2 Å². The summed E-state index contributed by atoms with van der Waals surface area (Å²) in [5.74, 6) is -0.719. The molecule has 0 aromatic rings. The monoisotopic (exact) mass is 273 g/mol. The molecule has 0 aromatic carbocycles. The molecule has 2 unspecified atom stereocenters.